The number of hydrogen-bond acceptors (Lipinski definition) is 2. The van der Waals surface area contributed by atoms with E-state index in [1.54, 1.807) is 0 Å². The molecule has 2 atom stereocenters. The average molecular weight is 181 g/mol. The molecular weight excluding hydrogens is 162 g/mol. The minimum atomic E-state index is -0.116. The van der Waals surface area contributed by atoms with Crippen molar-refractivity contribution in [2.75, 3.05) is 0 Å². The van der Waals surface area contributed by atoms with Crippen molar-refractivity contribution in [1.29, 1.82) is 0 Å². The smallest absolute Gasteiger partial charge is 0.0606 e. The molecule has 0 saturated carbocycles. The van der Waals surface area contributed by atoms with Crippen LogP contribution in [0.1, 0.15) is 32.5 Å². The predicted octanol–water partition coefficient (Wildman–Crippen LogP) is 1.39. The van der Waals surface area contributed by atoms with Gasteiger partial charge in [-0.25, -0.2) is 0 Å². The quantitative estimate of drug-likeness (QED) is 0.645. The highest BCUT2D eigenvalue weighted by molar-refractivity contribution is 5.12. The van der Waals surface area contributed by atoms with Crippen molar-refractivity contribution >= 4 is 0 Å². The third kappa shape index (κ3) is 2.32. The first kappa shape index (κ1) is 10.3. The molecule has 0 amide bonds. The van der Waals surface area contributed by atoms with E-state index in [4.69, 9.17) is 11.5 Å². The second-order valence-corrected chi connectivity index (χ2v) is 4.54. The molecule has 1 aromatic heterocycles. The highest BCUT2D eigenvalue weighted by Gasteiger charge is 2.27. The Morgan fingerprint density at radius 3 is 2.31 bits per heavy atom. The summed E-state index contributed by atoms with van der Waals surface area (Å²) in [6.07, 6.45) is 1.87. The molecule has 13 heavy (non-hydrogen) atoms. The molecule has 74 valence electrons. The van der Waals surface area contributed by atoms with Gasteiger partial charge in [0.1, 0.15) is 0 Å². The van der Waals surface area contributed by atoms with Gasteiger partial charge in [0.2, 0.25) is 0 Å². The maximum Gasteiger partial charge on any atom is 0.0606 e. The molecule has 3 nitrogen and oxygen atoms in total. The number of aromatic nitrogens is 1. The first-order chi connectivity index (χ1) is 5.93. The van der Waals surface area contributed by atoms with E-state index >= 15 is 0 Å². The standard InChI is InChI=1S/C10H19N3/c1-10(2,3)9(12)8(11)7-5-4-6-13-7/h4-6,8-9,13H,11-12H2,1-3H3. The molecule has 0 spiro atoms. The van der Waals surface area contributed by atoms with Gasteiger partial charge in [-0.3, -0.25) is 0 Å². The minimum absolute atomic E-state index is 0.0323. The fourth-order valence-corrected chi connectivity index (χ4v) is 1.28. The summed E-state index contributed by atoms with van der Waals surface area (Å²) < 4.78 is 0. The van der Waals surface area contributed by atoms with E-state index in [9.17, 15) is 0 Å². The molecule has 0 saturated heterocycles. The SMILES string of the molecule is CC(C)(C)C(N)C(N)c1ccc[nH]1. The van der Waals surface area contributed by atoms with E-state index < -0.39 is 0 Å². The van der Waals surface area contributed by atoms with Crippen molar-refractivity contribution in [3.63, 3.8) is 0 Å². The minimum Gasteiger partial charge on any atom is -0.364 e. The Balaban J connectivity index is 2.74. The first-order valence-electron chi connectivity index (χ1n) is 4.57. The summed E-state index contributed by atoms with van der Waals surface area (Å²) in [5.74, 6) is 0. The van der Waals surface area contributed by atoms with E-state index in [2.05, 4.69) is 25.8 Å². The lowest BCUT2D eigenvalue weighted by atomic mass is 9.82. The van der Waals surface area contributed by atoms with Crippen molar-refractivity contribution in [2.24, 2.45) is 16.9 Å². The summed E-state index contributed by atoms with van der Waals surface area (Å²) in [5, 5.41) is 0. The van der Waals surface area contributed by atoms with Crippen molar-refractivity contribution < 1.29 is 0 Å². The van der Waals surface area contributed by atoms with Gasteiger partial charge in [-0.1, -0.05) is 20.8 Å². The number of nitrogens with two attached hydrogens (primary N) is 2. The van der Waals surface area contributed by atoms with Gasteiger partial charge in [0, 0.05) is 17.9 Å². The van der Waals surface area contributed by atoms with Gasteiger partial charge in [-0.15, -0.1) is 0 Å². The van der Waals surface area contributed by atoms with Gasteiger partial charge < -0.3 is 16.5 Å². The Morgan fingerprint density at radius 2 is 1.92 bits per heavy atom. The van der Waals surface area contributed by atoms with Crippen LogP contribution in [0.2, 0.25) is 0 Å². The lowest BCUT2D eigenvalue weighted by Gasteiger charge is -2.31. The largest absolute Gasteiger partial charge is 0.364 e. The van der Waals surface area contributed by atoms with Gasteiger partial charge >= 0.3 is 0 Å². The van der Waals surface area contributed by atoms with E-state index in [0.29, 0.717) is 0 Å². The fraction of sp³-hybridized carbons (Fsp3) is 0.600. The van der Waals surface area contributed by atoms with Gasteiger partial charge in [-0.05, 0) is 17.5 Å². The molecule has 0 radical (unpaired) electrons. The van der Waals surface area contributed by atoms with Gasteiger partial charge in [0.15, 0.2) is 0 Å². The number of hydrogen-bond donors (Lipinski definition) is 3. The van der Waals surface area contributed by atoms with Crippen LogP contribution in [0, 0.1) is 5.41 Å². The van der Waals surface area contributed by atoms with Crippen LogP contribution in [0.5, 0.6) is 0 Å². The highest BCUT2D eigenvalue weighted by atomic mass is 14.9. The van der Waals surface area contributed by atoms with Gasteiger partial charge in [0.05, 0.1) is 6.04 Å². The van der Waals surface area contributed by atoms with Crippen LogP contribution < -0.4 is 11.5 Å². The third-order valence-electron chi connectivity index (χ3n) is 2.37. The topological polar surface area (TPSA) is 67.8 Å². The summed E-state index contributed by atoms with van der Waals surface area (Å²) >= 11 is 0. The molecule has 0 aliphatic carbocycles. The zero-order chi connectivity index (χ0) is 10.1. The van der Waals surface area contributed by atoms with Gasteiger partial charge in [-0.2, -0.15) is 0 Å². The number of aromatic amines is 1. The third-order valence-corrected chi connectivity index (χ3v) is 2.37. The Bertz CT molecular complexity index is 246. The Hall–Kier alpha value is -0.800. The van der Waals surface area contributed by atoms with Crippen LogP contribution in [0.4, 0.5) is 0 Å². The lowest BCUT2D eigenvalue weighted by Crippen LogP contribution is -2.44. The van der Waals surface area contributed by atoms with Crippen molar-refractivity contribution in [1.82, 2.24) is 4.98 Å². The highest BCUT2D eigenvalue weighted by Crippen LogP contribution is 2.25. The summed E-state index contributed by atoms with van der Waals surface area (Å²) in [4.78, 5) is 3.08. The van der Waals surface area contributed by atoms with E-state index in [1.807, 2.05) is 18.3 Å². The van der Waals surface area contributed by atoms with Crippen LogP contribution in [-0.4, -0.2) is 11.0 Å². The zero-order valence-electron chi connectivity index (χ0n) is 8.54. The molecule has 1 heterocycles. The molecule has 5 N–H and O–H groups in total. The summed E-state index contributed by atoms with van der Waals surface area (Å²) in [6, 6.07) is 3.75. The average Bonchev–Trinajstić information content (AvgIpc) is 2.51. The molecule has 0 fully saturated rings. The molecular formula is C10H19N3. The Morgan fingerprint density at radius 1 is 1.31 bits per heavy atom. The molecule has 1 rings (SSSR count). The Labute approximate surface area is 79.5 Å². The number of H-pyrrole nitrogens is 1. The van der Waals surface area contributed by atoms with E-state index in [-0.39, 0.29) is 17.5 Å². The normalized spacial score (nSPS) is 17.0. The van der Waals surface area contributed by atoms with Crippen molar-refractivity contribution in [3.8, 4) is 0 Å². The molecule has 2 unspecified atom stereocenters. The molecule has 0 aliphatic rings. The number of rotatable bonds is 2. The van der Waals surface area contributed by atoms with E-state index in [0.717, 1.165) is 5.69 Å². The lowest BCUT2D eigenvalue weighted by molar-refractivity contribution is 0.280. The first-order valence-corrected chi connectivity index (χ1v) is 4.57. The summed E-state index contributed by atoms with van der Waals surface area (Å²) in [6.45, 7) is 6.29. The van der Waals surface area contributed by atoms with Crippen LogP contribution in [0.15, 0.2) is 18.3 Å². The molecule has 0 aliphatic heterocycles. The maximum absolute atomic E-state index is 6.04. The molecule has 3 heteroatoms. The van der Waals surface area contributed by atoms with Crippen molar-refractivity contribution in [2.45, 2.75) is 32.9 Å². The molecule has 0 aromatic carbocycles. The van der Waals surface area contributed by atoms with Crippen LogP contribution in [0.3, 0.4) is 0 Å². The molecule has 0 bridgehead atoms. The summed E-state index contributed by atoms with van der Waals surface area (Å²) in [7, 11) is 0. The van der Waals surface area contributed by atoms with Crippen LogP contribution in [-0.2, 0) is 0 Å². The molecule has 1 aromatic rings. The van der Waals surface area contributed by atoms with Crippen LogP contribution in [0.25, 0.3) is 0 Å². The number of nitrogens with one attached hydrogen (secondary N) is 1. The summed E-state index contributed by atoms with van der Waals surface area (Å²) in [5.41, 5.74) is 13.1. The van der Waals surface area contributed by atoms with Crippen LogP contribution >= 0.6 is 0 Å². The maximum atomic E-state index is 6.04. The van der Waals surface area contributed by atoms with E-state index in [1.165, 1.54) is 0 Å². The monoisotopic (exact) mass is 181 g/mol. The van der Waals surface area contributed by atoms with Gasteiger partial charge in [0.25, 0.3) is 0 Å². The second-order valence-electron chi connectivity index (χ2n) is 4.54. The Kier molecular flexibility index (Phi) is 2.78. The predicted molar refractivity (Wildman–Crippen MR) is 55.2 cm³/mol. The zero-order valence-corrected chi connectivity index (χ0v) is 8.54. The fourth-order valence-electron chi connectivity index (χ4n) is 1.28. The van der Waals surface area contributed by atoms with Crippen molar-refractivity contribution in [3.05, 3.63) is 24.0 Å². The second kappa shape index (κ2) is 3.52.